The molecular formula is C59H94O31. The molecule has 0 radical (unpaired) electrons. The first-order valence-electron chi connectivity index (χ1n) is 31.3. The summed E-state index contributed by atoms with van der Waals surface area (Å²) in [6.07, 6.45) is -32.0. The normalized spacial score (nSPS) is 49.7. The fourth-order valence-electron chi connectivity index (χ4n) is 14.1. The number of rotatable bonds is 20. The number of hydrogen-bond acceptors (Lipinski definition) is 31. The van der Waals surface area contributed by atoms with Crippen molar-refractivity contribution >= 4 is 11.9 Å². The van der Waals surface area contributed by atoms with Gasteiger partial charge in [-0.2, -0.15) is 0 Å². The van der Waals surface area contributed by atoms with Gasteiger partial charge in [-0.3, -0.25) is 0 Å². The fourth-order valence-corrected chi connectivity index (χ4v) is 14.1. The predicted octanol–water partition coefficient (Wildman–Crippen LogP) is -5.95. The molecule has 31 nitrogen and oxygen atoms in total. The molecule has 0 aromatic carbocycles. The molecule has 11 unspecified atom stereocenters. The highest BCUT2D eigenvalue weighted by atomic mass is 16.7. The molecule has 9 aliphatic rings. The minimum Gasteiger partial charge on any atom is -0.460 e. The van der Waals surface area contributed by atoms with Gasteiger partial charge in [0.25, 0.3) is 0 Å². The van der Waals surface area contributed by atoms with Gasteiger partial charge in [-0.25, -0.2) is 9.59 Å². The summed E-state index contributed by atoms with van der Waals surface area (Å²) in [5.74, 6) is -3.03. The molecule has 4 aliphatic carbocycles. The van der Waals surface area contributed by atoms with Crippen molar-refractivity contribution in [3.05, 3.63) is 24.3 Å². The van der Waals surface area contributed by atoms with Crippen LogP contribution in [0.3, 0.4) is 0 Å². The Morgan fingerprint density at radius 2 is 1.00 bits per heavy atom. The maximum Gasteiger partial charge on any atom is 0.330 e. The van der Waals surface area contributed by atoms with Crippen molar-refractivity contribution in [3.8, 4) is 0 Å². The van der Waals surface area contributed by atoms with Crippen molar-refractivity contribution in [3.63, 3.8) is 0 Å². The van der Waals surface area contributed by atoms with Crippen LogP contribution in [0.5, 0.6) is 0 Å². The zero-order valence-electron chi connectivity index (χ0n) is 50.4. The lowest BCUT2D eigenvalue weighted by atomic mass is 9.72. The molecule has 31 atom stereocenters. The molecule has 0 bridgehead atoms. The van der Waals surface area contributed by atoms with E-state index in [4.69, 9.17) is 61.6 Å². The molecule has 0 aromatic heterocycles. The molecular weight excluding hydrogens is 1200 g/mol. The number of allylic oxidation sites excluding steroid dienone is 2. The Hall–Kier alpha value is -2.66. The quantitative estimate of drug-likeness (QED) is 0.0399. The Morgan fingerprint density at radius 1 is 0.467 bits per heavy atom. The zero-order chi connectivity index (χ0) is 65.0. The van der Waals surface area contributed by atoms with Crippen molar-refractivity contribution in [2.24, 2.45) is 23.7 Å². The SMILES string of the molecule is COC1CC(C2OC3CC(O)CC(O[C@@H]4O[C@H](CO)[C@@H](O)[C@H](O)[C@H]4O)C3CC2O[C@@H]2O[C@H](CO[C@@H]3O[C@@H](C)[C@H](OC(=O)C=CC4CCC(O[C@@H]5O[C@H](COC(=O)C=CC6CCC(O)C(O)C6)[C@@H](O)[C@H](O)[C@H]5O)CC4)[C@@H](O)[C@H]3O)[C@@H](O)[C@H](O)[C@H]2O)CC(OC)C1O. The van der Waals surface area contributed by atoms with Gasteiger partial charge in [-0.05, 0) is 95.3 Å². The van der Waals surface area contributed by atoms with Crippen LogP contribution in [0.15, 0.2) is 24.3 Å². The lowest BCUT2D eigenvalue weighted by molar-refractivity contribution is -0.352. The van der Waals surface area contributed by atoms with E-state index in [1.165, 1.54) is 33.3 Å². The van der Waals surface area contributed by atoms with Crippen LogP contribution in [0.2, 0.25) is 0 Å². The highest BCUT2D eigenvalue weighted by molar-refractivity contribution is 5.82. The Balaban J connectivity index is 0.763. The summed E-state index contributed by atoms with van der Waals surface area (Å²) in [4.78, 5) is 25.7. The van der Waals surface area contributed by atoms with Gasteiger partial charge in [-0.1, -0.05) is 12.2 Å². The molecule has 5 aliphatic heterocycles. The highest BCUT2D eigenvalue weighted by Gasteiger charge is 2.56. The van der Waals surface area contributed by atoms with Crippen molar-refractivity contribution < 1.29 is 153 Å². The fraction of sp³-hybridized carbons (Fsp3) is 0.898. The number of carbonyl (C=O) groups excluding carboxylic acids is 2. The standard InChI is InChI=1S/C59H94O31/c1-23-54(90-41(65)13-7-24-4-9-28(10-5-24)83-57-50(74)47(71)44(68)38(88-57)21-80-40(64)12-8-25-6-11-30(62)31(63)14-25)49(73)53(77)56(82-23)81-22-39-45(69)48(72)52(76)59(89-39)86-36-19-29-32(84-55(36)26-15-34(78-2)42(66)35(16-26)79-3)17-27(61)18-33(29)85-58-51(75)46(70)43(67)37(20-60)87-58/h7-8,12-13,23-39,42-63,66-77H,4-6,9-11,14-22H2,1-3H3/t23-,24?,25?,26?,27?,28?,29?,30?,31?,32?,33?,34?,35?,36?,37+,38+,39+,42?,43+,44+,45+,46-,47-,48-,49-,50+,51+,52+,53+,54-,55?,56+,57+,58+,59+/m0/s1. The maximum absolute atomic E-state index is 13.2. The zero-order valence-corrected chi connectivity index (χ0v) is 50.4. The van der Waals surface area contributed by atoms with Gasteiger partial charge in [0.1, 0.15) is 98.2 Å². The first kappa shape index (κ1) is 71.6. The summed E-state index contributed by atoms with van der Waals surface area (Å²) in [6.45, 7) is -0.354. The van der Waals surface area contributed by atoms with Crippen LogP contribution in [0.25, 0.3) is 0 Å². The summed E-state index contributed by atoms with van der Waals surface area (Å²) in [6, 6.07) is 0. The van der Waals surface area contributed by atoms with Crippen LogP contribution in [-0.4, -0.2) is 318 Å². The van der Waals surface area contributed by atoms with E-state index in [2.05, 4.69) is 0 Å². The van der Waals surface area contributed by atoms with Gasteiger partial charge in [-0.15, -0.1) is 0 Å². The molecule has 5 heterocycles. The molecule has 16 N–H and O–H groups in total. The van der Waals surface area contributed by atoms with Crippen LogP contribution in [-0.2, 0) is 71.2 Å². The van der Waals surface area contributed by atoms with Crippen molar-refractivity contribution in [1.29, 1.82) is 0 Å². The number of carbonyl (C=O) groups is 2. The molecule has 0 amide bonds. The molecule has 0 aromatic rings. The van der Waals surface area contributed by atoms with Crippen LogP contribution >= 0.6 is 0 Å². The second-order valence-corrected chi connectivity index (χ2v) is 25.7. The van der Waals surface area contributed by atoms with Crippen LogP contribution in [0, 0.1) is 23.7 Å². The number of hydrogen-bond donors (Lipinski definition) is 16. The van der Waals surface area contributed by atoms with E-state index in [1.807, 2.05) is 0 Å². The molecule has 90 heavy (non-hydrogen) atoms. The Labute approximate surface area is 519 Å². The summed E-state index contributed by atoms with van der Waals surface area (Å²) in [5.41, 5.74) is 0. The largest absolute Gasteiger partial charge is 0.460 e. The van der Waals surface area contributed by atoms with Crippen LogP contribution in [0.1, 0.15) is 84.0 Å². The lowest BCUT2D eigenvalue weighted by Crippen LogP contribution is -2.64. The monoisotopic (exact) mass is 1300 g/mol. The van der Waals surface area contributed by atoms with Gasteiger partial charge in [0.2, 0.25) is 0 Å². The van der Waals surface area contributed by atoms with Crippen molar-refractivity contribution in [1.82, 2.24) is 0 Å². The molecule has 5 saturated heterocycles. The third kappa shape index (κ3) is 16.8. The smallest absolute Gasteiger partial charge is 0.330 e. The molecule has 516 valence electrons. The third-order valence-electron chi connectivity index (χ3n) is 19.6. The summed E-state index contributed by atoms with van der Waals surface area (Å²) in [7, 11) is 2.87. The number of esters is 2. The van der Waals surface area contributed by atoms with Crippen molar-refractivity contribution in [2.75, 3.05) is 34.0 Å². The van der Waals surface area contributed by atoms with E-state index in [0.29, 0.717) is 38.5 Å². The third-order valence-corrected chi connectivity index (χ3v) is 19.6. The molecule has 9 fully saturated rings. The van der Waals surface area contributed by atoms with Crippen molar-refractivity contribution in [2.45, 2.75) is 274 Å². The minimum atomic E-state index is -1.91. The predicted molar refractivity (Wildman–Crippen MR) is 297 cm³/mol. The summed E-state index contributed by atoms with van der Waals surface area (Å²) >= 11 is 0. The topological polar surface area (TPSA) is 478 Å². The Morgan fingerprint density at radius 3 is 1.60 bits per heavy atom. The second-order valence-electron chi connectivity index (χ2n) is 25.7. The molecule has 9 rings (SSSR count). The minimum absolute atomic E-state index is 0.0101. The van der Waals surface area contributed by atoms with Gasteiger partial charge >= 0.3 is 11.9 Å². The average Bonchev–Trinajstić information content (AvgIpc) is 0.782. The first-order chi connectivity index (χ1) is 42.9. The average molecular weight is 1300 g/mol. The molecule has 0 spiro atoms. The summed E-state index contributed by atoms with van der Waals surface area (Å²) in [5, 5.41) is 172. The van der Waals surface area contributed by atoms with Gasteiger partial charge in [0, 0.05) is 38.7 Å². The first-order valence-corrected chi connectivity index (χ1v) is 31.3. The Kier molecular flexibility index (Phi) is 25.4. The van der Waals surface area contributed by atoms with E-state index >= 15 is 0 Å². The van der Waals surface area contributed by atoms with E-state index in [1.54, 1.807) is 12.2 Å². The molecule has 4 saturated carbocycles. The van der Waals surface area contributed by atoms with E-state index in [0.717, 1.165) is 0 Å². The van der Waals surface area contributed by atoms with E-state index in [9.17, 15) is 91.3 Å². The number of ether oxygens (including phenoxy) is 13. The van der Waals surface area contributed by atoms with Gasteiger partial charge in [0.15, 0.2) is 31.3 Å². The molecule has 31 heteroatoms. The summed E-state index contributed by atoms with van der Waals surface area (Å²) < 4.78 is 76.9. The van der Waals surface area contributed by atoms with Crippen LogP contribution < -0.4 is 0 Å². The number of aliphatic hydroxyl groups is 16. The number of aliphatic hydroxyl groups excluding tert-OH is 16. The number of fused-ring (bicyclic) bond motifs is 1. The van der Waals surface area contributed by atoms with E-state index in [-0.39, 0.29) is 50.4 Å². The second kappa shape index (κ2) is 31.9. The highest BCUT2D eigenvalue weighted by Crippen LogP contribution is 2.46. The van der Waals surface area contributed by atoms with Gasteiger partial charge in [0.05, 0.1) is 80.4 Å². The van der Waals surface area contributed by atoms with E-state index < -0.39 is 234 Å². The number of methoxy groups -OCH3 is 2. The van der Waals surface area contributed by atoms with Gasteiger partial charge < -0.3 is 143 Å². The van der Waals surface area contributed by atoms with Crippen LogP contribution in [0.4, 0.5) is 0 Å². The lowest BCUT2D eigenvalue weighted by Gasteiger charge is -2.53. The Bertz CT molecular complexity index is 2300. The maximum atomic E-state index is 13.2.